The Labute approximate surface area is 112 Å². The maximum Gasteiger partial charge on any atom is 0.324 e. The highest BCUT2D eigenvalue weighted by Crippen LogP contribution is 2.12. The van der Waals surface area contributed by atoms with Crippen molar-refractivity contribution in [2.24, 2.45) is 0 Å². The summed E-state index contributed by atoms with van der Waals surface area (Å²) in [5, 5.41) is 17.4. The summed E-state index contributed by atoms with van der Waals surface area (Å²) in [5.41, 5.74) is 0. The van der Waals surface area contributed by atoms with Gasteiger partial charge in [0.1, 0.15) is 6.04 Å². The summed E-state index contributed by atoms with van der Waals surface area (Å²) in [6.07, 6.45) is 0. The van der Waals surface area contributed by atoms with Gasteiger partial charge >= 0.3 is 5.97 Å². The van der Waals surface area contributed by atoms with E-state index in [4.69, 9.17) is 10.2 Å². The smallest absolute Gasteiger partial charge is 0.324 e. The number of aliphatic carboxylic acids is 1. The molecule has 1 aromatic rings. The topological polar surface area (TPSA) is 104 Å². The molecule has 0 aliphatic heterocycles. The van der Waals surface area contributed by atoms with Crippen LogP contribution in [0, 0.1) is 3.57 Å². The number of aliphatic hydroxyl groups is 1. The number of sulfonamides is 1. The molecule has 1 atom stereocenters. The zero-order valence-corrected chi connectivity index (χ0v) is 11.5. The number of nitrogens with one attached hydrogen (secondary N) is 1. The van der Waals surface area contributed by atoms with Crippen molar-refractivity contribution in [3.05, 3.63) is 27.8 Å². The fourth-order valence-electron chi connectivity index (χ4n) is 1.03. The number of hydrogen-bond acceptors (Lipinski definition) is 4. The van der Waals surface area contributed by atoms with Gasteiger partial charge in [0.25, 0.3) is 0 Å². The molecule has 0 heterocycles. The molecule has 8 heteroatoms. The average molecular weight is 371 g/mol. The molecule has 0 spiro atoms. The molecule has 1 aromatic carbocycles. The molecule has 94 valence electrons. The second-order valence-electron chi connectivity index (χ2n) is 3.15. The highest BCUT2D eigenvalue weighted by Gasteiger charge is 2.24. The first-order chi connectivity index (χ1) is 7.86. The summed E-state index contributed by atoms with van der Waals surface area (Å²) in [6.45, 7) is -0.807. The van der Waals surface area contributed by atoms with Crippen LogP contribution in [-0.4, -0.2) is 37.2 Å². The quantitative estimate of drug-likeness (QED) is 0.633. The van der Waals surface area contributed by atoms with Crippen LogP contribution in [0.25, 0.3) is 0 Å². The number of carboxylic acid groups (broad SMARTS) is 1. The van der Waals surface area contributed by atoms with E-state index < -0.39 is 28.6 Å². The third-order valence-electron chi connectivity index (χ3n) is 1.90. The van der Waals surface area contributed by atoms with Crippen molar-refractivity contribution >= 4 is 38.6 Å². The minimum atomic E-state index is -3.93. The summed E-state index contributed by atoms with van der Waals surface area (Å²) < 4.78 is 26.2. The van der Waals surface area contributed by atoms with Gasteiger partial charge in [-0.15, -0.1) is 0 Å². The van der Waals surface area contributed by atoms with Gasteiger partial charge in [0.05, 0.1) is 11.5 Å². The molecule has 6 nitrogen and oxygen atoms in total. The van der Waals surface area contributed by atoms with Crippen LogP contribution < -0.4 is 4.72 Å². The molecule has 0 saturated carbocycles. The van der Waals surface area contributed by atoms with Gasteiger partial charge in [-0.1, -0.05) is 0 Å². The van der Waals surface area contributed by atoms with Crippen LogP contribution in [0.15, 0.2) is 29.2 Å². The fraction of sp³-hybridized carbons (Fsp3) is 0.222. The van der Waals surface area contributed by atoms with Crippen molar-refractivity contribution in [1.29, 1.82) is 0 Å². The highest BCUT2D eigenvalue weighted by molar-refractivity contribution is 14.1. The number of hydrogen-bond donors (Lipinski definition) is 3. The SMILES string of the molecule is O=C(O)C(CO)NS(=O)(=O)c1ccc(I)cc1. The predicted molar refractivity (Wildman–Crippen MR) is 68.0 cm³/mol. The molecule has 0 aliphatic carbocycles. The molecule has 1 rings (SSSR count). The van der Waals surface area contributed by atoms with E-state index in [1.807, 2.05) is 27.3 Å². The number of halogens is 1. The molecule has 0 saturated heterocycles. The Morgan fingerprint density at radius 2 is 1.88 bits per heavy atom. The van der Waals surface area contributed by atoms with Gasteiger partial charge < -0.3 is 10.2 Å². The number of rotatable bonds is 5. The molecule has 1 unspecified atom stereocenters. The summed E-state index contributed by atoms with van der Waals surface area (Å²) in [7, 11) is -3.93. The van der Waals surface area contributed by atoms with Gasteiger partial charge in [-0.05, 0) is 46.9 Å². The molecule has 0 aliphatic rings. The van der Waals surface area contributed by atoms with Crippen LogP contribution in [-0.2, 0) is 14.8 Å². The van der Waals surface area contributed by atoms with Crippen molar-refractivity contribution in [2.75, 3.05) is 6.61 Å². The standard InChI is InChI=1S/C9H10INO5S/c10-6-1-3-7(4-2-6)17(15,16)11-8(5-12)9(13)14/h1-4,8,11-12H,5H2,(H,13,14). The Balaban J connectivity index is 2.96. The molecule has 0 amide bonds. The number of carbonyl (C=O) groups is 1. The molecular formula is C9H10INO5S. The monoisotopic (exact) mass is 371 g/mol. The second-order valence-corrected chi connectivity index (χ2v) is 6.11. The van der Waals surface area contributed by atoms with Crippen molar-refractivity contribution in [2.45, 2.75) is 10.9 Å². The minimum absolute atomic E-state index is 0.0439. The maximum absolute atomic E-state index is 11.7. The van der Waals surface area contributed by atoms with Gasteiger partial charge in [-0.3, -0.25) is 4.79 Å². The lowest BCUT2D eigenvalue weighted by molar-refractivity contribution is -0.139. The van der Waals surface area contributed by atoms with E-state index in [1.54, 1.807) is 12.1 Å². The normalized spacial score (nSPS) is 13.3. The van der Waals surface area contributed by atoms with E-state index >= 15 is 0 Å². The van der Waals surface area contributed by atoms with Crippen LogP contribution in [0.5, 0.6) is 0 Å². The number of carboxylic acids is 1. The largest absolute Gasteiger partial charge is 0.480 e. The third kappa shape index (κ3) is 3.91. The lowest BCUT2D eigenvalue weighted by atomic mass is 10.3. The predicted octanol–water partition coefficient (Wildman–Crippen LogP) is 0.0150. The van der Waals surface area contributed by atoms with Crippen LogP contribution in [0.1, 0.15) is 0 Å². The van der Waals surface area contributed by atoms with Crippen molar-refractivity contribution in [1.82, 2.24) is 4.72 Å². The fourth-order valence-corrected chi connectivity index (χ4v) is 2.57. The molecule has 0 bridgehead atoms. The molecule has 0 radical (unpaired) electrons. The van der Waals surface area contributed by atoms with Gasteiger partial charge in [0, 0.05) is 3.57 Å². The Morgan fingerprint density at radius 3 is 2.29 bits per heavy atom. The lowest BCUT2D eigenvalue weighted by Crippen LogP contribution is -2.43. The van der Waals surface area contributed by atoms with E-state index in [9.17, 15) is 13.2 Å². The number of aliphatic hydroxyl groups excluding tert-OH is 1. The zero-order chi connectivity index (χ0) is 13.1. The summed E-state index contributed by atoms with van der Waals surface area (Å²) >= 11 is 2.02. The van der Waals surface area contributed by atoms with E-state index in [1.165, 1.54) is 12.1 Å². The van der Waals surface area contributed by atoms with Gasteiger partial charge in [-0.25, -0.2) is 8.42 Å². The van der Waals surface area contributed by atoms with Crippen molar-refractivity contribution < 1.29 is 23.4 Å². The van der Waals surface area contributed by atoms with Crippen LogP contribution in [0.3, 0.4) is 0 Å². The first-order valence-corrected chi connectivity index (χ1v) is 7.04. The van der Waals surface area contributed by atoms with E-state index in [2.05, 4.69) is 0 Å². The zero-order valence-electron chi connectivity index (χ0n) is 8.50. The van der Waals surface area contributed by atoms with Gasteiger partial charge in [0.2, 0.25) is 10.0 Å². The lowest BCUT2D eigenvalue weighted by Gasteiger charge is -2.12. The summed E-state index contributed by atoms with van der Waals surface area (Å²) in [6, 6.07) is 4.35. The molecule has 3 N–H and O–H groups in total. The van der Waals surface area contributed by atoms with Gasteiger partial charge in [0.15, 0.2) is 0 Å². The van der Waals surface area contributed by atoms with E-state index in [0.29, 0.717) is 0 Å². The maximum atomic E-state index is 11.7. The highest BCUT2D eigenvalue weighted by atomic mass is 127. The Morgan fingerprint density at radius 1 is 1.35 bits per heavy atom. The Kier molecular flexibility index (Phi) is 4.86. The Bertz CT molecular complexity index is 499. The molecular weight excluding hydrogens is 361 g/mol. The third-order valence-corrected chi connectivity index (χ3v) is 4.11. The van der Waals surface area contributed by atoms with Crippen LogP contribution in [0.2, 0.25) is 0 Å². The van der Waals surface area contributed by atoms with E-state index in [-0.39, 0.29) is 4.90 Å². The Hall–Kier alpha value is -0.710. The van der Waals surface area contributed by atoms with Gasteiger partial charge in [-0.2, -0.15) is 4.72 Å². The molecule has 0 aromatic heterocycles. The first kappa shape index (κ1) is 14.4. The number of benzene rings is 1. The first-order valence-electron chi connectivity index (χ1n) is 4.48. The molecule has 0 fully saturated rings. The van der Waals surface area contributed by atoms with Crippen LogP contribution >= 0.6 is 22.6 Å². The average Bonchev–Trinajstić information content (AvgIpc) is 2.26. The summed E-state index contributed by atoms with van der Waals surface area (Å²) in [4.78, 5) is 10.6. The van der Waals surface area contributed by atoms with Crippen molar-refractivity contribution in [3.8, 4) is 0 Å². The second kappa shape index (κ2) is 5.76. The van der Waals surface area contributed by atoms with Crippen molar-refractivity contribution in [3.63, 3.8) is 0 Å². The summed E-state index contributed by atoms with van der Waals surface area (Å²) in [5.74, 6) is -1.43. The van der Waals surface area contributed by atoms with Crippen LogP contribution in [0.4, 0.5) is 0 Å². The molecule has 17 heavy (non-hydrogen) atoms. The van der Waals surface area contributed by atoms with E-state index in [0.717, 1.165) is 3.57 Å². The minimum Gasteiger partial charge on any atom is -0.480 e.